The van der Waals surface area contributed by atoms with Crippen LogP contribution in [-0.2, 0) is 4.74 Å². The van der Waals surface area contributed by atoms with Crippen LogP contribution >= 0.6 is 0 Å². The van der Waals surface area contributed by atoms with Gasteiger partial charge in [0.15, 0.2) is 0 Å². The van der Waals surface area contributed by atoms with Gasteiger partial charge < -0.3 is 4.74 Å². The van der Waals surface area contributed by atoms with Crippen LogP contribution in [0.2, 0.25) is 0 Å². The van der Waals surface area contributed by atoms with Crippen LogP contribution < -0.4 is 0 Å². The van der Waals surface area contributed by atoms with Crippen molar-refractivity contribution < 1.29 is 4.74 Å². The Morgan fingerprint density at radius 1 is 1.73 bits per heavy atom. The van der Waals surface area contributed by atoms with Crippen LogP contribution in [0.5, 0.6) is 0 Å². The Kier molecular flexibility index (Phi) is 5.37. The molecule has 0 saturated carbocycles. The van der Waals surface area contributed by atoms with Gasteiger partial charge in [0.2, 0.25) is 0 Å². The lowest BCUT2D eigenvalue weighted by molar-refractivity contribution is 0.273. The number of allylic oxidation sites excluding steroid dienone is 1. The van der Waals surface area contributed by atoms with Gasteiger partial charge in [-0.2, -0.15) is 0 Å². The van der Waals surface area contributed by atoms with Crippen LogP contribution in [0.1, 0.15) is 26.2 Å². The Bertz CT molecular complexity index is 153. The highest BCUT2D eigenvalue weighted by Gasteiger charge is 2.02. The van der Waals surface area contributed by atoms with Gasteiger partial charge in [-0.1, -0.05) is 13.5 Å². The van der Waals surface area contributed by atoms with E-state index in [-0.39, 0.29) is 0 Å². The molecule has 0 spiro atoms. The zero-order chi connectivity index (χ0) is 8.69. The summed E-state index contributed by atoms with van der Waals surface area (Å²) in [5.74, 6) is 3.93. The van der Waals surface area contributed by atoms with Crippen LogP contribution in [0.3, 0.4) is 0 Å². The lowest BCUT2D eigenvalue weighted by Gasteiger charge is -2.07. The molecule has 11 heavy (non-hydrogen) atoms. The standard InChI is InChI=1S/C10H16O/c1-5-10(6-2)8-7-9(3)11-4/h1,10H,3,6-8H2,2,4H3. The van der Waals surface area contributed by atoms with E-state index < -0.39 is 0 Å². The highest BCUT2D eigenvalue weighted by atomic mass is 16.5. The Balaban J connectivity index is 3.52. The summed E-state index contributed by atoms with van der Waals surface area (Å²) in [7, 11) is 1.64. The third-order valence-corrected chi connectivity index (χ3v) is 1.79. The molecule has 0 heterocycles. The van der Waals surface area contributed by atoms with Crippen molar-refractivity contribution in [1.82, 2.24) is 0 Å². The van der Waals surface area contributed by atoms with E-state index in [4.69, 9.17) is 11.2 Å². The molecule has 62 valence electrons. The summed E-state index contributed by atoms with van der Waals surface area (Å²) >= 11 is 0. The van der Waals surface area contributed by atoms with Gasteiger partial charge in [-0.15, -0.1) is 12.3 Å². The lowest BCUT2D eigenvalue weighted by atomic mass is 10.0. The molecule has 1 unspecified atom stereocenters. The van der Waals surface area contributed by atoms with Gasteiger partial charge in [0.1, 0.15) is 0 Å². The average molecular weight is 152 g/mol. The highest BCUT2D eigenvalue weighted by Crippen LogP contribution is 2.13. The van der Waals surface area contributed by atoms with Gasteiger partial charge in [-0.25, -0.2) is 0 Å². The van der Waals surface area contributed by atoms with Crippen molar-refractivity contribution in [2.45, 2.75) is 26.2 Å². The Labute approximate surface area is 69.4 Å². The maximum absolute atomic E-state index is 5.29. The van der Waals surface area contributed by atoms with Crippen molar-refractivity contribution in [3.63, 3.8) is 0 Å². The van der Waals surface area contributed by atoms with Gasteiger partial charge in [-0.05, 0) is 12.8 Å². The Hall–Kier alpha value is -0.900. The Morgan fingerprint density at radius 2 is 2.36 bits per heavy atom. The van der Waals surface area contributed by atoms with Gasteiger partial charge in [0, 0.05) is 12.3 Å². The molecule has 0 aromatic carbocycles. The number of methoxy groups -OCH3 is 1. The molecular weight excluding hydrogens is 136 g/mol. The van der Waals surface area contributed by atoms with E-state index in [0.717, 1.165) is 25.0 Å². The summed E-state index contributed by atoms with van der Waals surface area (Å²) < 4.78 is 4.93. The number of hydrogen-bond donors (Lipinski definition) is 0. The van der Waals surface area contributed by atoms with Gasteiger partial charge in [-0.3, -0.25) is 0 Å². The maximum atomic E-state index is 5.29. The van der Waals surface area contributed by atoms with E-state index in [2.05, 4.69) is 19.4 Å². The van der Waals surface area contributed by atoms with Crippen molar-refractivity contribution >= 4 is 0 Å². The molecule has 1 heteroatoms. The van der Waals surface area contributed by atoms with Gasteiger partial charge in [0.05, 0.1) is 12.9 Å². The molecule has 0 bridgehead atoms. The summed E-state index contributed by atoms with van der Waals surface area (Å²) in [6.45, 7) is 5.82. The summed E-state index contributed by atoms with van der Waals surface area (Å²) in [5.41, 5.74) is 0. The molecule has 0 fully saturated rings. The van der Waals surface area contributed by atoms with Crippen LogP contribution in [-0.4, -0.2) is 7.11 Å². The molecule has 0 aliphatic carbocycles. The molecule has 0 aliphatic rings. The van der Waals surface area contributed by atoms with Crippen molar-refractivity contribution in [1.29, 1.82) is 0 Å². The normalized spacial score (nSPS) is 11.7. The Morgan fingerprint density at radius 3 is 2.73 bits per heavy atom. The van der Waals surface area contributed by atoms with Gasteiger partial charge in [0.25, 0.3) is 0 Å². The second kappa shape index (κ2) is 5.85. The smallest absolute Gasteiger partial charge is 0.0884 e. The molecule has 0 saturated heterocycles. The molecule has 1 nitrogen and oxygen atoms in total. The third kappa shape index (κ3) is 4.50. The van der Waals surface area contributed by atoms with E-state index in [1.165, 1.54) is 0 Å². The molecular formula is C10H16O. The second-order valence-electron chi connectivity index (χ2n) is 2.55. The number of rotatable bonds is 5. The maximum Gasteiger partial charge on any atom is 0.0884 e. The quantitative estimate of drug-likeness (QED) is 0.434. The third-order valence-electron chi connectivity index (χ3n) is 1.79. The molecule has 1 atom stereocenters. The van der Waals surface area contributed by atoms with Gasteiger partial charge >= 0.3 is 0 Å². The average Bonchev–Trinajstić information content (AvgIpc) is 2.06. The second-order valence-corrected chi connectivity index (χ2v) is 2.55. The molecule has 0 aromatic heterocycles. The fourth-order valence-electron chi connectivity index (χ4n) is 0.843. The van der Waals surface area contributed by atoms with E-state index in [9.17, 15) is 0 Å². The van der Waals surface area contributed by atoms with Crippen molar-refractivity contribution in [3.8, 4) is 12.3 Å². The van der Waals surface area contributed by atoms with Crippen LogP contribution in [0.15, 0.2) is 12.3 Å². The summed E-state index contributed by atoms with van der Waals surface area (Å²) in [4.78, 5) is 0. The molecule has 0 aromatic rings. The van der Waals surface area contributed by atoms with Crippen molar-refractivity contribution in [3.05, 3.63) is 12.3 Å². The van der Waals surface area contributed by atoms with Crippen LogP contribution in [0.25, 0.3) is 0 Å². The summed E-state index contributed by atoms with van der Waals surface area (Å²) in [6, 6.07) is 0. The van der Waals surface area contributed by atoms with Crippen LogP contribution in [0, 0.1) is 18.3 Å². The zero-order valence-electron chi connectivity index (χ0n) is 7.39. The number of ether oxygens (including phenoxy) is 1. The SMILES string of the molecule is C#CC(CC)CCC(=C)OC. The fourth-order valence-corrected chi connectivity index (χ4v) is 0.843. The summed E-state index contributed by atoms with van der Waals surface area (Å²) in [6.07, 6.45) is 8.19. The predicted molar refractivity (Wildman–Crippen MR) is 48.0 cm³/mol. The van der Waals surface area contributed by atoms with Crippen LogP contribution in [0.4, 0.5) is 0 Å². The number of hydrogen-bond acceptors (Lipinski definition) is 1. The predicted octanol–water partition coefficient (Wildman–Crippen LogP) is 2.59. The highest BCUT2D eigenvalue weighted by molar-refractivity contribution is 4.94. The first kappa shape index (κ1) is 10.1. The minimum Gasteiger partial charge on any atom is -0.502 e. The first-order chi connectivity index (χ1) is 5.24. The number of terminal acetylenes is 1. The molecule has 0 radical (unpaired) electrons. The summed E-state index contributed by atoms with van der Waals surface area (Å²) in [5, 5.41) is 0. The largest absolute Gasteiger partial charge is 0.502 e. The molecule has 0 N–H and O–H groups in total. The van der Waals surface area contributed by atoms with E-state index in [1.54, 1.807) is 7.11 Å². The first-order valence-electron chi connectivity index (χ1n) is 3.92. The fraction of sp³-hybridized carbons (Fsp3) is 0.600. The van der Waals surface area contributed by atoms with Crippen molar-refractivity contribution in [2.24, 2.45) is 5.92 Å². The molecule has 0 aliphatic heterocycles. The van der Waals surface area contributed by atoms with E-state index in [1.807, 2.05) is 0 Å². The molecule has 0 amide bonds. The van der Waals surface area contributed by atoms with Crippen molar-refractivity contribution in [2.75, 3.05) is 7.11 Å². The zero-order valence-corrected chi connectivity index (χ0v) is 7.39. The van der Waals surface area contributed by atoms with E-state index >= 15 is 0 Å². The first-order valence-corrected chi connectivity index (χ1v) is 3.92. The monoisotopic (exact) mass is 152 g/mol. The minimum atomic E-state index is 0.377. The minimum absolute atomic E-state index is 0.377. The molecule has 0 rings (SSSR count). The topological polar surface area (TPSA) is 9.23 Å². The lowest BCUT2D eigenvalue weighted by Crippen LogP contribution is -1.96. The van der Waals surface area contributed by atoms with E-state index in [0.29, 0.717) is 5.92 Å².